The summed E-state index contributed by atoms with van der Waals surface area (Å²) >= 11 is 3.01. The summed E-state index contributed by atoms with van der Waals surface area (Å²) < 4.78 is 16.2. The van der Waals surface area contributed by atoms with Gasteiger partial charge in [-0.2, -0.15) is 0 Å². The maximum absolute atomic E-state index is 11.9. The van der Waals surface area contributed by atoms with Crippen LogP contribution in [-0.4, -0.2) is 29.7 Å². The first kappa shape index (κ1) is 20.0. The van der Waals surface area contributed by atoms with Crippen LogP contribution in [0.2, 0.25) is 0 Å². The van der Waals surface area contributed by atoms with Gasteiger partial charge in [0.25, 0.3) is 0 Å². The Morgan fingerprint density at radius 3 is 2.75 bits per heavy atom. The minimum atomic E-state index is -0.428. The SMILES string of the molecule is CCOc1ccc(-c2nc(COC(=O)/C=C/c3csc(C)n3)cs2)cc1OC. The van der Waals surface area contributed by atoms with E-state index in [1.54, 1.807) is 13.2 Å². The molecular formula is C20H20N2O4S2. The number of aryl methyl sites for hydroxylation is 1. The fourth-order valence-electron chi connectivity index (χ4n) is 2.38. The lowest BCUT2D eigenvalue weighted by molar-refractivity contribution is -0.139. The number of hydrogen-bond donors (Lipinski definition) is 0. The Bertz CT molecular complexity index is 978. The van der Waals surface area contributed by atoms with Gasteiger partial charge in [0.2, 0.25) is 0 Å². The van der Waals surface area contributed by atoms with Crippen LogP contribution in [0.5, 0.6) is 11.5 Å². The molecule has 0 amide bonds. The summed E-state index contributed by atoms with van der Waals surface area (Å²) in [6.07, 6.45) is 3.02. The lowest BCUT2D eigenvalue weighted by atomic mass is 10.2. The number of carbonyl (C=O) groups excluding carboxylic acids is 1. The third-order valence-electron chi connectivity index (χ3n) is 3.65. The van der Waals surface area contributed by atoms with Gasteiger partial charge in [0.1, 0.15) is 11.6 Å². The Hall–Kier alpha value is -2.71. The van der Waals surface area contributed by atoms with E-state index in [1.165, 1.54) is 28.7 Å². The highest BCUT2D eigenvalue weighted by molar-refractivity contribution is 7.13. The van der Waals surface area contributed by atoms with Gasteiger partial charge in [-0.1, -0.05) is 0 Å². The van der Waals surface area contributed by atoms with Crippen LogP contribution in [0.3, 0.4) is 0 Å². The van der Waals surface area contributed by atoms with Gasteiger partial charge in [0, 0.05) is 22.4 Å². The first-order valence-electron chi connectivity index (χ1n) is 8.61. The molecule has 3 aromatic rings. The van der Waals surface area contributed by atoms with Crippen molar-refractivity contribution in [1.29, 1.82) is 0 Å². The normalized spacial score (nSPS) is 11.0. The molecule has 0 aliphatic carbocycles. The molecule has 2 heterocycles. The molecule has 0 radical (unpaired) electrons. The standard InChI is InChI=1S/C20H20N2O4S2/c1-4-25-17-7-5-14(9-18(17)24-3)20-22-16(12-28-20)10-26-19(23)8-6-15-11-27-13(2)21-15/h5-9,11-12H,4,10H2,1-3H3/b8-6+. The molecule has 0 unspecified atom stereocenters. The van der Waals surface area contributed by atoms with E-state index >= 15 is 0 Å². The molecular weight excluding hydrogens is 396 g/mol. The molecule has 0 fully saturated rings. The molecule has 146 valence electrons. The molecule has 6 nitrogen and oxygen atoms in total. The molecule has 2 aromatic heterocycles. The van der Waals surface area contributed by atoms with Crippen molar-refractivity contribution in [3.8, 4) is 22.1 Å². The molecule has 0 spiro atoms. The van der Waals surface area contributed by atoms with Crippen LogP contribution in [0.15, 0.2) is 35.0 Å². The number of aromatic nitrogens is 2. The highest BCUT2D eigenvalue weighted by Crippen LogP contribution is 2.33. The zero-order valence-electron chi connectivity index (χ0n) is 15.8. The fraction of sp³-hybridized carbons (Fsp3) is 0.250. The first-order valence-corrected chi connectivity index (χ1v) is 10.4. The first-order chi connectivity index (χ1) is 13.6. The monoisotopic (exact) mass is 416 g/mol. The molecule has 0 N–H and O–H groups in total. The number of rotatable bonds is 8. The van der Waals surface area contributed by atoms with Gasteiger partial charge in [-0.25, -0.2) is 14.8 Å². The third-order valence-corrected chi connectivity index (χ3v) is 5.38. The van der Waals surface area contributed by atoms with Crippen LogP contribution in [-0.2, 0) is 16.1 Å². The molecule has 0 aliphatic heterocycles. The number of carbonyl (C=O) groups is 1. The van der Waals surface area contributed by atoms with Gasteiger partial charge in [0.05, 0.1) is 30.1 Å². The molecule has 8 heteroatoms. The maximum Gasteiger partial charge on any atom is 0.331 e. The zero-order valence-corrected chi connectivity index (χ0v) is 17.4. The smallest absolute Gasteiger partial charge is 0.331 e. The highest BCUT2D eigenvalue weighted by Gasteiger charge is 2.11. The molecule has 1 aromatic carbocycles. The van der Waals surface area contributed by atoms with Crippen LogP contribution in [0.25, 0.3) is 16.6 Å². The van der Waals surface area contributed by atoms with Crippen LogP contribution < -0.4 is 9.47 Å². The second kappa shape index (κ2) is 9.48. The largest absolute Gasteiger partial charge is 0.493 e. The van der Waals surface area contributed by atoms with E-state index in [4.69, 9.17) is 14.2 Å². The van der Waals surface area contributed by atoms with E-state index in [-0.39, 0.29) is 6.61 Å². The summed E-state index contributed by atoms with van der Waals surface area (Å²) in [6.45, 7) is 4.53. The van der Waals surface area contributed by atoms with E-state index in [0.29, 0.717) is 23.8 Å². The minimum absolute atomic E-state index is 0.115. The summed E-state index contributed by atoms with van der Waals surface area (Å²) in [5.74, 6) is 0.925. The lowest BCUT2D eigenvalue weighted by Crippen LogP contribution is -2.01. The van der Waals surface area contributed by atoms with Crippen LogP contribution in [0, 0.1) is 6.92 Å². The summed E-state index contributed by atoms with van der Waals surface area (Å²) in [5, 5.41) is 5.53. The van der Waals surface area contributed by atoms with Crippen molar-refractivity contribution >= 4 is 34.7 Å². The fourth-order valence-corrected chi connectivity index (χ4v) is 3.77. The number of methoxy groups -OCH3 is 1. The number of hydrogen-bond acceptors (Lipinski definition) is 8. The van der Waals surface area contributed by atoms with Crippen molar-refractivity contribution in [1.82, 2.24) is 9.97 Å². The van der Waals surface area contributed by atoms with Gasteiger partial charge in [-0.15, -0.1) is 22.7 Å². The molecule has 0 aliphatic rings. The topological polar surface area (TPSA) is 70.5 Å². The molecule has 28 heavy (non-hydrogen) atoms. The van der Waals surface area contributed by atoms with Crippen LogP contribution >= 0.6 is 22.7 Å². The summed E-state index contributed by atoms with van der Waals surface area (Å²) in [6, 6.07) is 5.68. The van der Waals surface area contributed by atoms with Crippen molar-refractivity contribution in [3.63, 3.8) is 0 Å². The van der Waals surface area contributed by atoms with Crippen molar-refractivity contribution in [3.05, 3.63) is 51.4 Å². The predicted molar refractivity (Wildman–Crippen MR) is 111 cm³/mol. The quantitative estimate of drug-likeness (QED) is 0.390. The Morgan fingerprint density at radius 2 is 2.04 bits per heavy atom. The van der Waals surface area contributed by atoms with Crippen molar-refractivity contribution in [2.24, 2.45) is 0 Å². The molecule has 0 saturated heterocycles. The molecule has 0 saturated carbocycles. The number of benzene rings is 1. The Morgan fingerprint density at radius 1 is 1.18 bits per heavy atom. The summed E-state index contributed by atoms with van der Waals surface area (Å²) in [5.41, 5.74) is 2.36. The third kappa shape index (κ3) is 5.17. The average molecular weight is 417 g/mol. The van der Waals surface area contributed by atoms with E-state index < -0.39 is 5.97 Å². The van der Waals surface area contributed by atoms with Crippen molar-refractivity contribution in [2.45, 2.75) is 20.5 Å². The molecule has 0 atom stereocenters. The van der Waals surface area contributed by atoms with E-state index in [2.05, 4.69) is 9.97 Å². The van der Waals surface area contributed by atoms with Crippen molar-refractivity contribution in [2.75, 3.05) is 13.7 Å². The summed E-state index contributed by atoms with van der Waals surface area (Å²) in [4.78, 5) is 20.7. The minimum Gasteiger partial charge on any atom is -0.493 e. The zero-order chi connectivity index (χ0) is 19.9. The maximum atomic E-state index is 11.9. The lowest BCUT2D eigenvalue weighted by Gasteiger charge is -2.09. The van der Waals surface area contributed by atoms with E-state index in [1.807, 2.05) is 42.8 Å². The Balaban J connectivity index is 1.61. The van der Waals surface area contributed by atoms with Gasteiger partial charge < -0.3 is 14.2 Å². The van der Waals surface area contributed by atoms with E-state index in [9.17, 15) is 4.79 Å². The van der Waals surface area contributed by atoms with Gasteiger partial charge in [-0.3, -0.25) is 0 Å². The second-order valence-electron chi connectivity index (χ2n) is 5.68. The number of esters is 1. The Kier molecular flexibility index (Phi) is 6.78. The van der Waals surface area contributed by atoms with Gasteiger partial charge >= 0.3 is 5.97 Å². The van der Waals surface area contributed by atoms with Crippen LogP contribution in [0.1, 0.15) is 23.3 Å². The van der Waals surface area contributed by atoms with Gasteiger partial charge in [-0.05, 0) is 38.1 Å². The highest BCUT2D eigenvalue weighted by atomic mass is 32.1. The summed E-state index contributed by atoms with van der Waals surface area (Å²) in [7, 11) is 1.61. The molecule has 3 rings (SSSR count). The number of nitrogens with zero attached hydrogens (tertiary/aromatic N) is 2. The predicted octanol–water partition coefficient (Wildman–Crippen LogP) is 4.74. The average Bonchev–Trinajstić information content (AvgIpc) is 3.34. The van der Waals surface area contributed by atoms with Gasteiger partial charge in [0.15, 0.2) is 11.5 Å². The molecule has 0 bridgehead atoms. The number of ether oxygens (including phenoxy) is 3. The van der Waals surface area contributed by atoms with Crippen LogP contribution in [0.4, 0.5) is 0 Å². The van der Waals surface area contributed by atoms with Crippen molar-refractivity contribution < 1.29 is 19.0 Å². The Labute approximate surface area is 171 Å². The number of thiazole rings is 2. The second-order valence-corrected chi connectivity index (χ2v) is 7.60. The van der Waals surface area contributed by atoms with E-state index in [0.717, 1.165) is 21.3 Å².